The zero-order valence-corrected chi connectivity index (χ0v) is 15.3. The van der Waals surface area contributed by atoms with Gasteiger partial charge in [0.1, 0.15) is 0 Å². The molecule has 5 nitrogen and oxygen atoms in total. The molecule has 0 unspecified atom stereocenters. The number of piperazine rings is 1. The van der Waals surface area contributed by atoms with Gasteiger partial charge >= 0.3 is 0 Å². The van der Waals surface area contributed by atoms with Crippen molar-refractivity contribution in [2.75, 3.05) is 31.1 Å². The number of sulfonamides is 1. The summed E-state index contributed by atoms with van der Waals surface area (Å²) in [4.78, 5) is 8.01. The van der Waals surface area contributed by atoms with E-state index in [-0.39, 0.29) is 0 Å². The summed E-state index contributed by atoms with van der Waals surface area (Å²) in [5.41, 5.74) is 0. The van der Waals surface area contributed by atoms with Crippen LogP contribution in [0.3, 0.4) is 0 Å². The van der Waals surface area contributed by atoms with Gasteiger partial charge < -0.3 is 4.90 Å². The third-order valence-electron chi connectivity index (χ3n) is 3.55. The van der Waals surface area contributed by atoms with Crippen molar-refractivity contribution in [3.8, 4) is 0 Å². The quantitative estimate of drug-likeness (QED) is 0.793. The van der Waals surface area contributed by atoms with E-state index in [1.54, 1.807) is 33.8 Å². The minimum atomic E-state index is -3.43. The molecule has 0 spiro atoms. The summed E-state index contributed by atoms with van der Waals surface area (Å²) in [7, 11) is -3.43. The maximum Gasteiger partial charge on any atom is 0.243 e. The van der Waals surface area contributed by atoms with Gasteiger partial charge in [-0.05, 0) is 25.1 Å². The normalized spacial score (nSPS) is 16.9. The molecular formula is C14H16BrN3O2S2. The van der Waals surface area contributed by atoms with Crippen molar-refractivity contribution >= 4 is 42.4 Å². The van der Waals surface area contributed by atoms with Gasteiger partial charge in [-0.1, -0.05) is 22.0 Å². The number of aryl methyl sites for hydroxylation is 1. The Morgan fingerprint density at radius 2 is 1.95 bits per heavy atom. The highest BCUT2D eigenvalue weighted by Gasteiger charge is 2.29. The van der Waals surface area contributed by atoms with Crippen LogP contribution in [0.5, 0.6) is 0 Å². The second-order valence-corrected chi connectivity index (χ2v) is 9.17. The molecule has 118 valence electrons. The number of anilines is 1. The highest BCUT2D eigenvalue weighted by Crippen LogP contribution is 2.25. The summed E-state index contributed by atoms with van der Waals surface area (Å²) < 4.78 is 27.6. The summed E-state index contributed by atoms with van der Waals surface area (Å²) in [6.07, 6.45) is 1.85. The van der Waals surface area contributed by atoms with Crippen molar-refractivity contribution in [3.05, 3.63) is 39.8 Å². The molecular weight excluding hydrogens is 386 g/mol. The molecule has 1 fully saturated rings. The van der Waals surface area contributed by atoms with Crippen molar-refractivity contribution in [2.45, 2.75) is 11.8 Å². The van der Waals surface area contributed by atoms with Crippen LogP contribution in [0.25, 0.3) is 0 Å². The molecule has 1 aliphatic rings. The number of hydrogen-bond donors (Lipinski definition) is 0. The molecule has 0 bridgehead atoms. The lowest BCUT2D eigenvalue weighted by Crippen LogP contribution is -2.48. The number of halogens is 1. The molecule has 2 aromatic rings. The Kier molecular flexibility index (Phi) is 4.54. The molecule has 3 rings (SSSR count). The molecule has 0 aliphatic carbocycles. The van der Waals surface area contributed by atoms with E-state index < -0.39 is 10.0 Å². The van der Waals surface area contributed by atoms with E-state index >= 15 is 0 Å². The number of nitrogens with zero attached hydrogens (tertiary/aromatic N) is 3. The third kappa shape index (κ3) is 3.19. The first-order chi connectivity index (χ1) is 10.5. The van der Waals surface area contributed by atoms with Crippen LogP contribution >= 0.6 is 27.3 Å². The van der Waals surface area contributed by atoms with Gasteiger partial charge in [-0.15, -0.1) is 11.3 Å². The first-order valence-electron chi connectivity index (χ1n) is 6.90. The molecule has 0 N–H and O–H groups in total. The largest absolute Gasteiger partial charge is 0.345 e. The molecule has 8 heteroatoms. The maximum absolute atomic E-state index is 12.7. The van der Waals surface area contributed by atoms with Crippen LogP contribution in [0.15, 0.2) is 39.8 Å². The fourth-order valence-electron chi connectivity index (χ4n) is 2.39. The molecule has 0 amide bonds. The Morgan fingerprint density at radius 1 is 1.23 bits per heavy atom. The van der Waals surface area contributed by atoms with Gasteiger partial charge in [0, 0.05) is 41.7 Å². The SMILES string of the molecule is Cc1cnc(N2CCN(S(=O)(=O)c3cccc(Br)c3)CC2)s1. The van der Waals surface area contributed by atoms with Gasteiger partial charge in [0.25, 0.3) is 0 Å². The summed E-state index contributed by atoms with van der Waals surface area (Å²) in [6.45, 7) is 4.32. The molecule has 1 aliphatic heterocycles. The summed E-state index contributed by atoms with van der Waals surface area (Å²) in [5, 5.41) is 0.969. The summed E-state index contributed by atoms with van der Waals surface area (Å²) in [5.74, 6) is 0. The number of thiazole rings is 1. The Hall–Kier alpha value is -0.960. The predicted molar refractivity (Wildman–Crippen MR) is 92.0 cm³/mol. The lowest BCUT2D eigenvalue weighted by Gasteiger charge is -2.33. The number of rotatable bonds is 3. The van der Waals surface area contributed by atoms with Crippen LogP contribution in [0.2, 0.25) is 0 Å². The van der Waals surface area contributed by atoms with E-state index in [4.69, 9.17) is 0 Å². The van der Waals surface area contributed by atoms with Gasteiger partial charge in [-0.2, -0.15) is 4.31 Å². The van der Waals surface area contributed by atoms with Gasteiger partial charge in [0.05, 0.1) is 4.90 Å². The third-order valence-corrected chi connectivity index (χ3v) is 6.91. The van der Waals surface area contributed by atoms with Crippen molar-refractivity contribution < 1.29 is 8.42 Å². The average Bonchev–Trinajstić information content (AvgIpc) is 2.94. The highest BCUT2D eigenvalue weighted by molar-refractivity contribution is 9.10. The zero-order valence-electron chi connectivity index (χ0n) is 12.1. The van der Waals surface area contributed by atoms with Crippen LogP contribution in [0, 0.1) is 6.92 Å². The Labute approximate surface area is 142 Å². The van der Waals surface area contributed by atoms with E-state index in [0.717, 1.165) is 9.60 Å². The molecule has 2 heterocycles. The van der Waals surface area contributed by atoms with Gasteiger partial charge in [0.15, 0.2) is 5.13 Å². The summed E-state index contributed by atoms with van der Waals surface area (Å²) >= 11 is 4.96. The average molecular weight is 402 g/mol. The van der Waals surface area contributed by atoms with Crippen LogP contribution in [0.1, 0.15) is 4.88 Å². The second-order valence-electron chi connectivity index (χ2n) is 5.10. The molecule has 1 aromatic carbocycles. The number of aromatic nitrogens is 1. The van der Waals surface area contributed by atoms with Crippen molar-refractivity contribution in [3.63, 3.8) is 0 Å². The van der Waals surface area contributed by atoms with E-state index in [0.29, 0.717) is 31.1 Å². The topological polar surface area (TPSA) is 53.5 Å². The maximum atomic E-state index is 12.7. The van der Waals surface area contributed by atoms with Gasteiger partial charge in [0.2, 0.25) is 10.0 Å². The molecule has 1 aromatic heterocycles. The van der Waals surface area contributed by atoms with Crippen LogP contribution in [0.4, 0.5) is 5.13 Å². The highest BCUT2D eigenvalue weighted by atomic mass is 79.9. The Morgan fingerprint density at radius 3 is 2.55 bits per heavy atom. The molecule has 1 saturated heterocycles. The molecule has 0 radical (unpaired) electrons. The van der Waals surface area contributed by atoms with E-state index in [2.05, 4.69) is 25.8 Å². The first kappa shape index (κ1) is 15.9. The first-order valence-corrected chi connectivity index (χ1v) is 9.95. The van der Waals surface area contributed by atoms with Gasteiger partial charge in [-0.25, -0.2) is 13.4 Å². The molecule has 0 saturated carbocycles. The van der Waals surface area contributed by atoms with Crippen molar-refractivity contribution in [1.29, 1.82) is 0 Å². The smallest absolute Gasteiger partial charge is 0.243 e. The standard InChI is InChI=1S/C14H16BrN3O2S2/c1-11-10-16-14(21-11)17-5-7-18(8-6-17)22(19,20)13-4-2-3-12(15)9-13/h2-4,9-10H,5-8H2,1H3. The van der Waals surface area contributed by atoms with E-state index in [9.17, 15) is 8.42 Å². The van der Waals surface area contributed by atoms with Crippen molar-refractivity contribution in [1.82, 2.24) is 9.29 Å². The second kappa shape index (κ2) is 6.27. The van der Waals surface area contributed by atoms with Crippen molar-refractivity contribution in [2.24, 2.45) is 0 Å². The number of hydrogen-bond acceptors (Lipinski definition) is 5. The van der Waals surface area contributed by atoms with Crippen LogP contribution in [-0.2, 0) is 10.0 Å². The minimum absolute atomic E-state index is 0.334. The molecule has 22 heavy (non-hydrogen) atoms. The Balaban J connectivity index is 1.73. The van der Waals surface area contributed by atoms with E-state index in [1.165, 1.54) is 4.88 Å². The molecule has 0 atom stereocenters. The minimum Gasteiger partial charge on any atom is -0.345 e. The lowest BCUT2D eigenvalue weighted by molar-refractivity contribution is 0.384. The summed E-state index contributed by atoms with van der Waals surface area (Å²) in [6, 6.07) is 6.84. The number of benzene rings is 1. The lowest BCUT2D eigenvalue weighted by atomic mass is 10.4. The Bertz CT molecular complexity index is 768. The fourth-order valence-corrected chi connectivity index (χ4v) is 5.22. The van der Waals surface area contributed by atoms with Gasteiger partial charge in [-0.3, -0.25) is 0 Å². The predicted octanol–water partition coefficient (Wildman–Crippen LogP) is 2.72. The van der Waals surface area contributed by atoms with Crippen LogP contribution < -0.4 is 4.90 Å². The fraction of sp³-hybridized carbons (Fsp3) is 0.357. The van der Waals surface area contributed by atoms with Crippen LogP contribution in [-0.4, -0.2) is 43.9 Å². The van der Waals surface area contributed by atoms with E-state index in [1.807, 2.05) is 19.2 Å². The monoisotopic (exact) mass is 401 g/mol. The zero-order chi connectivity index (χ0) is 15.7.